The molecule has 5 heteroatoms. The molecule has 0 aliphatic carbocycles. The molecule has 0 fully saturated rings. The predicted octanol–water partition coefficient (Wildman–Crippen LogP) is 2.20. The summed E-state index contributed by atoms with van der Waals surface area (Å²) >= 11 is 1.27. The summed E-state index contributed by atoms with van der Waals surface area (Å²) in [7, 11) is 0. The van der Waals surface area contributed by atoms with E-state index in [0.717, 1.165) is 11.3 Å². The lowest BCUT2D eigenvalue weighted by atomic mass is 10.1. The van der Waals surface area contributed by atoms with Crippen molar-refractivity contribution in [2.24, 2.45) is 5.73 Å². The second kappa shape index (κ2) is 4.65. The molecular formula is C12H12N2O2S. The van der Waals surface area contributed by atoms with E-state index in [1.54, 1.807) is 0 Å². The van der Waals surface area contributed by atoms with E-state index < -0.39 is 12.0 Å². The third-order valence-electron chi connectivity index (χ3n) is 2.40. The highest BCUT2D eigenvalue weighted by Crippen LogP contribution is 2.24. The van der Waals surface area contributed by atoms with Gasteiger partial charge in [0.25, 0.3) is 0 Å². The molecule has 0 amide bonds. The fraction of sp³-hybridized carbons (Fsp3) is 0.167. The number of nitrogens with two attached hydrogens (primary N) is 1. The SMILES string of the molecule is Cc1ccc(-c2csc(C(N)C(=O)O)n2)cc1. The van der Waals surface area contributed by atoms with Gasteiger partial charge in [-0.3, -0.25) is 4.79 Å². The van der Waals surface area contributed by atoms with Crippen LogP contribution in [-0.4, -0.2) is 16.1 Å². The summed E-state index contributed by atoms with van der Waals surface area (Å²) in [6, 6.07) is 6.86. The molecule has 88 valence electrons. The number of carboxylic acid groups (broad SMARTS) is 1. The molecule has 1 aromatic carbocycles. The molecule has 0 aliphatic rings. The minimum Gasteiger partial charge on any atom is -0.480 e. The van der Waals surface area contributed by atoms with Crippen molar-refractivity contribution in [3.63, 3.8) is 0 Å². The van der Waals surface area contributed by atoms with Gasteiger partial charge in [0, 0.05) is 10.9 Å². The summed E-state index contributed by atoms with van der Waals surface area (Å²) in [4.78, 5) is 15.0. The molecule has 17 heavy (non-hydrogen) atoms. The van der Waals surface area contributed by atoms with Crippen molar-refractivity contribution >= 4 is 17.3 Å². The molecule has 1 atom stereocenters. The second-order valence-electron chi connectivity index (χ2n) is 3.75. The van der Waals surface area contributed by atoms with E-state index in [0.29, 0.717) is 5.01 Å². The number of aromatic nitrogens is 1. The summed E-state index contributed by atoms with van der Waals surface area (Å²) in [6.07, 6.45) is 0. The molecule has 0 spiro atoms. The quantitative estimate of drug-likeness (QED) is 0.873. The molecule has 2 aromatic rings. The minimum absolute atomic E-state index is 0.424. The number of thiazole rings is 1. The van der Waals surface area contributed by atoms with Crippen LogP contribution in [-0.2, 0) is 4.79 Å². The lowest BCUT2D eigenvalue weighted by molar-refractivity contribution is -0.138. The predicted molar refractivity (Wildman–Crippen MR) is 66.9 cm³/mol. The third-order valence-corrected chi connectivity index (χ3v) is 3.33. The van der Waals surface area contributed by atoms with E-state index in [1.807, 2.05) is 36.6 Å². The first kappa shape index (κ1) is 11.8. The van der Waals surface area contributed by atoms with Crippen molar-refractivity contribution in [2.75, 3.05) is 0 Å². The summed E-state index contributed by atoms with van der Waals surface area (Å²) in [5, 5.41) is 11.0. The van der Waals surface area contributed by atoms with Crippen LogP contribution in [0.3, 0.4) is 0 Å². The first-order valence-corrected chi connectivity index (χ1v) is 5.97. The number of aliphatic carboxylic acids is 1. The molecule has 0 aliphatic heterocycles. The van der Waals surface area contributed by atoms with E-state index >= 15 is 0 Å². The van der Waals surface area contributed by atoms with Gasteiger partial charge in [0.05, 0.1) is 5.69 Å². The second-order valence-corrected chi connectivity index (χ2v) is 4.64. The average Bonchev–Trinajstić information content (AvgIpc) is 2.78. The summed E-state index contributed by atoms with van der Waals surface area (Å²) in [5.41, 5.74) is 8.41. The lowest BCUT2D eigenvalue weighted by Gasteiger charge is -2.00. The maximum Gasteiger partial charge on any atom is 0.327 e. The first-order chi connectivity index (χ1) is 8.08. The molecule has 1 heterocycles. The highest BCUT2D eigenvalue weighted by Gasteiger charge is 2.18. The molecular weight excluding hydrogens is 236 g/mol. The van der Waals surface area contributed by atoms with E-state index in [-0.39, 0.29) is 0 Å². The Labute approximate surface area is 103 Å². The van der Waals surface area contributed by atoms with Crippen LogP contribution in [0, 0.1) is 6.92 Å². The van der Waals surface area contributed by atoms with E-state index in [4.69, 9.17) is 10.8 Å². The monoisotopic (exact) mass is 248 g/mol. The van der Waals surface area contributed by atoms with Gasteiger partial charge in [-0.1, -0.05) is 29.8 Å². The van der Waals surface area contributed by atoms with Crippen LogP contribution >= 0.6 is 11.3 Å². The highest BCUT2D eigenvalue weighted by atomic mass is 32.1. The van der Waals surface area contributed by atoms with Gasteiger partial charge < -0.3 is 10.8 Å². The average molecular weight is 248 g/mol. The van der Waals surface area contributed by atoms with Gasteiger partial charge in [0.15, 0.2) is 6.04 Å². The van der Waals surface area contributed by atoms with Crippen LogP contribution in [0.2, 0.25) is 0 Å². The Balaban J connectivity index is 2.29. The van der Waals surface area contributed by atoms with Crippen LogP contribution in [0.25, 0.3) is 11.3 Å². The van der Waals surface area contributed by atoms with Gasteiger partial charge in [-0.05, 0) is 6.92 Å². The standard InChI is InChI=1S/C12H12N2O2S/c1-7-2-4-8(5-3-7)9-6-17-11(14-9)10(13)12(15)16/h2-6,10H,13H2,1H3,(H,15,16). The minimum atomic E-state index is -1.06. The third kappa shape index (κ3) is 2.51. The van der Waals surface area contributed by atoms with Crippen LogP contribution < -0.4 is 5.73 Å². The molecule has 0 radical (unpaired) electrons. The zero-order chi connectivity index (χ0) is 12.4. The van der Waals surface area contributed by atoms with Crippen molar-refractivity contribution in [3.8, 4) is 11.3 Å². The zero-order valence-electron chi connectivity index (χ0n) is 9.25. The number of rotatable bonds is 3. The van der Waals surface area contributed by atoms with Crippen LogP contribution in [0.15, 0.2) is 29.6 Å². The fourth-order valence-electron chi connectivity index (χ4n) is 1.39. The lowest BCUT2D eigenvalue weighted by Crippen LogP contribution is -2.20. The van der Waals surface area contributed by atoms with E-state index in [9.17, 15) is 4.79 Å². The fourth-order valence-corrected chi connectivity index (χ4v) is 2.21. The summed E-state index contributed by atoms with van der Waals surface area (Å²) in [6.45, 7) is 2.01. The van der Waals surface area contributed by atoms with Crippen LogP contribution in [0.4, 0.5) is 0 Å². The van der Waals surface area contributed by atoms with Crippen molar-refractivity contribution < 1.29 is 9.90 Å². The van der Waals surface area contributed by atoms with Gasteiger partial charge in [-0.15, -0.1) is 11.3 Å². The molecule has 1 aromatic heterocycles. The molecule has 1 unspecified atom stereocenters. The number of hydrogen-bond acceptors (Lipinski definition) is 4. The molecule has 2 rings (SSSR count). The van der Waals surface area contributed by atoms with Gasteiger partial charge >= 0.3 is 5.97 Å². The largest absolute Gasteiger partial charge is 0.480 e. The van der Waals surface area contributed by atoms with Gasteiger partial charge in [0.1, 0.15) is 5.01 Å². The van der Waals surface area contributed by atoms with Crippen molar-refractivity contribution in [1.82, 2.24) is 4.98 Å². The van der Waals surface area contributed by atoms with Gasteiger partial charge in [0.2, 0.25) is 0 Å². The van der Waals surface area contributed by atoms with E-state index in [2.05, 4.69) is 4.98 Å². The van der Waals surface area contributed by atoms with Crippen molar-refractivity contribution in [3.05, 3.63) is 40.2 Å². The number of benzene rings is 1. The number of carboxylic acids is 1. The topological polar surface area (TPSA) is 76.2 Å². The molecule has 0 bridgehead atoms. The Morgan fingerprint density at radius 2 is 2.06 bits per heavy atom. The van der Waals surface area contributed by atoms with Gasteiger partial charge in [-0.25, -0.2) is 4.98 Å². The van der Waals surface area contributed by atoms with Crippen molar-refractivity contribution in [1.29, 1.82) is 0 Å². The Morgan fingerprint density at radius 1 is 1.41 bits per heavy atom. The maximum atomic E-state index is 10.7. The van der Waals surface area contributed by atoms with Crippen molar-refractivity contribution in [2.45, 2.75) is 13.0 Å². The molecule has 3 N–H and O–H groups in total. The number of nitrogens with zero attached hydrogens (tertiary/aromatic N) is 1. The Morgan fingerprint density at radius 3 is 2.65 bits per heavy atom. The van der Waals surface area contributed by atoms with Crippen LogP contribution in [0.1, 0.15) is 16.6 Å². The Kier molecular flexibility index (Phi) is 3.21. The smallest absolute Gasteiger partial charge is 0.327 e. The summed E-state index contributed by atoms with van der Waals surface area (Å²) in [5.74, 6) is -1.06. The van der Waals surface area contributed by atoms with E-state index in [1.165, 1.54) is 16.9 Å². The number of aryl methyl sites for hydroxylation is 1. The first-order valence-electron chi connectivity index (χ1n) is 5.09. The number of carbonyl (C=O) groups is 1. The zero-order valence-corrected chi connectivity index (χ0v) is 10.1. The summed E-state index contributed by atoms with van der Waals surface area (Å²) < 4.78 is 0. The number of hydrogen-bond donors (Lipinski definition) is 2. The highest BCUT2D eigenvalue weighted by molar-refractivity contribution is 7.10. The van der Waals surface area contributed by atoms with Gasteiger partial charge in [-0.2, -0.15) is 0 Å². The van der Waals surface area contributed by atoms with Crippen LogP contribution in [0.5, 0.6) is 0 Å². The molecule has 0 saturated heterocycles. The maximum absolute atomic E-state index is 10.7. The molecule has 0 saturated carbocycles. The Bertz CT molecular complexity index is 534. The Hall–Kier alpha value is -1.72. The molecule has 4 nitrogen and oxygen atoms in total. The normalized spacial score (nSPS) is 12.4.